The van der Waals surface area contributed by atoms with Gasteiger partial charge >= 0.3 is 0 Å². The number of carbonyl (C=O) groups excluding carboxylic acids is 1. The predicted molar refractivity (Wildman–Crippen MR) is 131 cm³/mol. The molecule has 1 N–H and O–H groups in total. The summed E-state index contributed by atoms with van der Waals surface area (Å²) in [6, 6.07) is 15.6. The van der Waals surface area contributed by atoms with Gasteiger partial charge in [0.2, 0.25) is 5.91 Å². The number of fused-ring (bicyclic) bond motifs is 3. The number of nitrogens with zero attached hydrogens (tertiary/aromatic N) is 3. The number of aryl methyl sites for hydroxylation is 4. The zero-order chi connectivity index (χ0) is 23.1. The first-order valence-corrected chi connectivity index (χ1v) is 10.9. The van der Waals surface area contributed by atoms with Crippen LogP contribution in [0.2, 0.25) is 0 Å². The SMILES string of the molecule is C=CC(=O)Nc1cc(-n2c3c(ccc2=O)CCc2ccc(-c4cnn(C)c4)cc2-3)ccc1C. The van der Waals surface area contributed by atoms with Crippen molar-refractivity contribution < 1.29 is 4.79 Å². The van der Waals surface area contributed by atoms with E-state index >= 15 is 0 Å². The maximum atomic E-state index is 13.2. The molecular weight excluding hydrogens is 412 g/mol. The molecule has 0 atom stereocenters. The Morgan fingerprint density at radius 1 is 1.06 bits per heavy atom. The molecule has 4 aromatic rings. The van der Waals surface area contributed by atoms with Crippen LogP contribution in [0.3, 0.4) is 0 Å². The van der Waals surface area contributed by atoms with Crippen LogP contribution in [-0.4, -0.2) is 20.3 Å². The van der Waals surface area contributed by atoms with Gasteiger partial charge in [0, 0.05) is 36.1 Å². The molecule has 0 spiro atoms. The molecule has 6 nitrogen and oxygen atoms in total. The van der Waals surface area contributed by atoms with Crippen LogP contribution in [0, 0.1) is 6.92 Å². The number of hydrogen-bond acceptors (Lipinski definition) is 3. The van der Waals surface area contributed by atoms with Gasteiger partial charge in [0.25, 0.3) is 5.56 Å². The molecule has 0 radical (unpaired) electrons. The van der Waals surface area contributed by atoms with Crippen LogP contribution in [0.15, 0.2) is 78.4 Å². The fourth-order valence-corrected chi connectivity index (χ4v) is 4.43. The van der Waals surface area contributed by atoms with Crippen molar-refractivity contribution in [2.75, 3.05) is 5.32 Å². The molecule has 5 rings (SSSR count). The van der Waals surface area contributed by atoms with Gasteiger partial charge in [0.05, 0.1) is 17.6 Å². The summed E-state index contributed by atoms with van der Waals surface area (Å²) in [4.78, 5) is 25.1. The second kappa shape index (κ2) is 8.06. The minimum Gasteiger partial charge on any atom is -0.322 e. The van der Waals surface area contributed by atoms with Crippen LogP contribution in [-0.2, 0) is 24.7 Å². The van der Waals surface area contributed by atoms with Gasteiger partial charge in [-0.15, -0.1) is 0 Å². The summed E-state index contributed by atoms with van der Waals surface area (Å²) in [7, 11) is 1.90. The third kappa shape index (κ3) is 3.69. The van der Waals surface area contributed by atoms with E-state index in [2.05, 4.69) is 35.2 Å². The Kier molecular flexibility index (Phi) is 5.05. The smallest absolute Gasteiger partial charge is 0.255 e. The molecule has 0 bridgehead atoms. The van der Waals surface area contributed by atoms with E-state index in [4.69, 9.17) is 0 Å². The third-order valence-corrected chi connectivity index (χ3v) is 6.16. The standard InChI is InChI=1S/C27H24N4O2/c1-4-25(32)29-24-14-22(11-5-17(24)2)31-26(33)12-10-19-8-6-18-7-9-20(13-23(18)27(19)31)21-15-28-30(3)16-21/h4-5,7,9-16H,1,6,8H2,2-3H3,(H,29,32). The fourth-order valence-electron chi connectivity index (χ4n) is 4.43. The molecule has 164 valence electrons. The molecule has 1 aliphatic rings. The number of anilines is 1. The summed E-state index contributed by atoms with van der Waals surface area (Å²) in [6.07, 6.45) is 6.85. The minimum absolute atomic E-state index is 0.113. The second-order valence-corrected chi connectivity index (χ2v) is 8.35. The van der Waals surface area contributed by atoms with Gasteiger partial charge in [-0.25, -0.2) is 0 Å². The lowest BCUT2D eigenvalue weighted by Gasteiger charge is -2.25. The number of carbonyl (C=O) groups is 1. The summed E-state index contributed by atoms with van der Waals surface area (Å²) >= 11 is 0. The Hall–Kier alpha value is -4.19. The van der Waals surface area contributed by atoms with E-state index in [1.807, 2.05) is 50.6 Å². The van der Waals surface area contributed by atoms with Gasteiger partial charge in [0.1, 0.15) is 0 Å². The van der Waals surface area contributed by atoms with E-state index in [1.165, 1.54) is 11.6 Å². The Bertz CT molecular complexity index is 1480. The highest BCUT2D eigenvalue weighted by molar-refractivity contribution is 5.99. The Labute approximate surface area is 191 Å². The van der Waals surface area contributed by atoms with Crippen molar-refractivity contribution >= 4 is 11.6 Å². The quantitative estimate of drug-likeness (QED) is 0.481. The molecule has 33 heavy (non-hydrogen) atoms. The van der Waals surface area contributed by atoms with Crippen LogP contribution in [0.1, 0.15) is 16.7 Å². The molecule has 2 aromatic heterocycles. The number of hydrogen-bond donors (Lipinski definition) is 1. The van der Waals surface area contributed by atoms with Crippen molar-refractivity contribution in [2.24, 2.45) is 7.05 Å². The zero-order valence-corrected chi connectivity index (χ0v) is 18.6. The van der Waals surface area contributed by atoms with Crippen molar-refractivity contribution in [1.29, 1.82) is 0 Å². The third-order valence-electron chi connectivity index (χ3n) is 6.16. The topological polar surface area (TPSA) is 68.9 Å². The van der Waals surface area contributed by atoms with Crippen LogP contribution < -0.4 is 10.9 Å². The number of nitrogens with one attached hydrogen (secondary N) is 1. The Morgan fingerprint density at radius 2 is 1.85 bits per heavy atom. The van der Waals surface area contributed by atoms with Crippen LogP contribution in [0.25, 0.3) is 28.1 Å². The molecule has 2 aromatic carbocycles. The van der Waals surface area contributed by atoms with E-state index in [-0.39, 0.29) is 11.5 Å². The van der Waals surface area contributed by atoms with E-state index < -0.39 is 0 Å². The zero-order valence-electron chi connectivity index (χ0n) is 18.6. The van der Waals surface area contributed by atoms with Crippen LogP contribution in [0.5, 0.6) is 0 Å². The van der Waals surface area contributed by atoms with Crippen LogP contribution >= 0.6 is 0 Å². The highest BCUT2D eigenvalue weighted by Crippen LogP contribution is 2.37. The molecule has 0 unspecified atom stereocenters. The average molecular weight is 437 g/mol. The van der Waals surface area contributed by atoms with Crippen molar-refractivity contribution in [2.45, 2.75) is 19.8 Å². The number of amides is 1. The maximum absolute atomic E-state index is 13.2. The number of rotatable bonds is 4. The molecule has 2 heterocycles. The monoisotopic (exact) mass is 436 g/mol. The van der Waals surface area contributed by atoms with Crippen molar-refractivity contribution in [3.05, 3.63) is 101 Å². The summed E-state index contributed by atoms with van der Waals surface area (Å²) < 4.78 is 3.54. The van der Waals surface area contributed by atoms with E-state index in [0.29, 0.717) is 11.4 Å². The molecule has 1 aliphatic carbocycles. The lowest BCUT2D eigenvalue weighted by Crippen LogP contribution is -2.23. The van der Waals surface area contributed by atoms with Crippen molar-refractivity contribution in [1.82, 2.24) is 14.3 Å². The van der Waals surface area contributed by atoms with Gasteiger partial charge in [-0.05, 0) is 66.3 Å². The number of benzene rings is 2. The second-order valence-electron chi connectivity index (χ2n) is 8.35. The maximum Gasteiger partial charge on any atom is 0.255 e. The Morgan fingerprint density at radius 3 is 2.61 bits per heavy atom. The summed E-state index contributed by atoms with van der Waals surface area (Å²) in [5.74, 6) is -0.288. The molecule has 0 aliphatic heterocycles. The fraction of sp³-hybridized carbons (Fsp3) is 0.148. The van der Waals surface area contributed by atoms with Crippen molar-refractivity contribution in [3.8, 4) is 28.1 Å². The molecule has 0 fully saturated rings. The van der Waals surface area contributed by atoms with Gasteiger partial charge in [0.15, 0.2) is 0 Å². The molecule has 6 heteroatoms. The number of aromatic nitrogens is 3. The number of pyridine rings is 1. The van der Waals surface area contributed by atoms with E-state index in [0.717, 1.165) is 46.4 Å². The van der Waals surface area contributed by atoms with Gasteiger partial charge < -0.3 is 5.32 Å². The van der Waals surface area contributed by atoms with Gasteiger partial charge in [-0.1, -0.05) is 30.8 Å². The first kappa shape index (κ1) is 20.7. The summed E-state index contributed by atoms with van der Waals surface area (Å²) in [5.41, 5.74) is 8.53. The van der Waals surface area contributed by atoms with E-state index in [9.17, 15) is 9.59 Å². The van der Waals surface area contributed by atoms with Gasteiger partial charge in [-0.2, -0.15) is 5.10 Å². The minimum atomic E-state index is -0.288. The lowest BCUT2D eigenvalue weighted by molar-refractivity contribution is -0.111. The normalized spacial score (nSPS) is 12.1. The first-order chi connectivity index (χ1) is 15.9. The summed E-state index contributed by atoms with van der Waals surface area (Å²) in [6.45, 7) is 5.44. The Balaban J connectivity index is 1.71. The highest BCUT2D eigenvalue weighted by atomic mass is 16.1. The average Bonchev–Trinajstić information content (AvgIpc) is 3.26. The van der Waals surface area contributed by atoms with Gasteiger partial charge in [-0.3, -0.25) is 18.8 Å². The lowest BCUT2D eigenvalue weighted by atomic mass is 9.87. The van der Waals surface area contributed by atoms with E-state index in [1.54, 1.807) is 15.3 Å². The molecular formula is C27H24N4O2. The molecule has 0 saturated heterocycles. The highest BCUT2D eigenvalue weighted by Gasteiger charge is 2.22. The summed E-state index contributed by atoms with van der Waals surface area (Å²) in [5, 5.41) is 7.14. The first-order valence-electron chi connectivity index (χ1n) is 10.9. The molecule has 0 saturated carbocycles. The van der Waals surface area contributed by atoms with Crippen molar-refractivity contribution in [3.63, 3.8) is 0 Å². The predicted octanol–water partition coefficient (Wildman–Crippen LogP) is 4.44. The molecule has 1 amide bonds. The van der Waals surface area contributed by atoms with Crippen LogP contribution in [0.4, 0.5) is 5.69 Å². The largest absolute Gasteiger partial charge is 0.322 e.